The summed E-state index contributed by atoms with van der Waals surface area (Å²) in [6, 6.07) is 16.7. The number of para-hydroxylation sites is 1. The summed E-state index contributed by atoms with van der Waals surface area (Å²) in [6.45, 7) is 3.72. The van der Waals surface area contributed by atoms with Gasteiger partial charge in [0.25, 0.3) is 5.91 Å². The Morgan fingerprint density at radius 2 is 1.65 bits per heavy atom. The van der Waals surface area contributed by atoms with E-state index in [0.717, 1.165) is 11.3 Å². The lowest BCUT2D eigenvalue weighted by Gasteiger charge is -2.08. The second kappa shape index (κ2) is 5.12. The fourth-order valence-electron chi connectivity index (χ4n) is 1.57. The number of rotatable bonds is 3. The van der Waals surface area contributed by atoms with Crippen LogP contribution < -0.4 is 5.32 Å². The first kappa shape index (κ1) is 11.1. The van der Waals surface area contributed by atoms with Gasteiger partial charge in [0.15, 0.2) is 0 Å². The van der Waals surface area contributed by atoms with Gasteiger partial charge in [0.1, 0.15) is 0 Å². The van der Waals surface area contributed by atoms with Crippen molar-refractivity contribution in [3.05, 3.63) is 72.3 Å². The summed E-state index contributed by atoms with van der Waals surface area (Å²) in [4.78, 5) is 11.9. The van der Waals surface area contributed by atoms with Crippen molar-refractivity contribution in [1.29, 1.82) is 0 Å². The number of carbonyl (C=O) groups excluding carboxylic acids is 1. The maximum atomic E-state index is 11.9. The maximum Gasteiger partial charge on any atom is 0.255 e. The third-order valence-corrected chi connectivity index (χ3v) is 2.46. The van der Waals surface area contributed by atoms with Crippen LogP contribution in [-0.4, -0.2) is 5.91 Å². The van der Waals surface area contributed by atoms with Crippen LogP contribution in [0, 0.1) is 0 Å². The Kier molecular flexibility index (Phi) is 3.36. The molecule has 1 amide bonds. The van der Waals surface area contributed by atoms with Crippen LogP contribution in [-0.2, 0) is 0 Å². The molecule has 17 heavy (non-hydrogen) atoms. The van der Waals surface area contributed by atoms with Crippen molar-refractivity contribution in [1.82, 2.24) is 0 Å². The van der Waals surface area contributed by atoms with E-state index in [2.05, 4.69) is 11.9 Å². The van der Waals surface area contributed by atoms with Crippen LogP contribution in [0.5, 0.6) is 0 Å². The fourth-order valence-corrected chi connectivity index (χ4v) is 1.57. The van der Waals surface area contributed by atoms with E-state index < -0.39 is 0 Å². The van der Waals surface area contributed by atoms with Crippen LogP contribution in [0.25, 0.3) is 6.08 Å². The molecule has 0 saturated heterocycles. The van der Waals surface area contributed by atoms with Gasteiger partial charge in [-0.3, -0.25) is 4.79 Å². The van der Waals surface area contributed by atoms with Crippen molar-refractivity contribution in [2.24, 2.45) is 0 Å². The summed E-state index contributed by atoms with van der Waals surface area (Å²) >= 11 is 0. The highest BCUT2D eigenvalue weighted by Crippen LogP contribution is 2.16. The fraction of sp³-hybridized carbons (Fsp3) is 0. The van der Waals surface area contributed by atoms with E-state index in [1.165, 1.54) is 0 Å². The van der Waals surface area contributed by atoms with E-state index >= 15 is 0 Å². The number of hydrogen-bond acceptors (Lipinski definition) is 1. The van der Waals surface area contributed by atoms with Gasteiger partial charge in [-0.2, -0.15) is 0 Å². The number of nitrogens with one attached hydrogen (secondary N) is 1. The summed E-state index contributed by atoms with van der Waals surface area (Å²) in [5, 5.41) is 2.87. The molecule has 0 aliphatic rings. The predicted octanol–water partition coefficient (Wildman–Crippen LogP) is 3.58. The standard InChI is InChI=1S/C15H13NO/c1-2-12-8-6-7-11-14(12)16-15(17)13-9-4-3-5-10-13/h2-11H,1H2,(H,16,17). The summed E-state index contributed by atoms with van der Waals surface area (Å²) in [6.07, 6.45) is 1.72. The van der Waals surface area contributed by atoms with Gasteiger partial charge in [0.2, 0.25) is 0 Å². The Morgan fingerprint density at radius 3 is 2.35 bits per heavy atom. The second-order valence-electron chi connectivity index (χ2n) is 3.61. The van der Waals surface area contributed by atoms with Crippen molar-refractivity contribution >= 4 is 17.7 Å². The normalized spacial score (nSPS) is 9.65. The first-order chi connectivity index (χ1) is 8.31. The summed E-state index contributed by atoms with van der Waals surface area (Å²) in [7, 11) is 0. The van der Waals surface area contributed by atoms with Gasteiger partial charge >= 0.3 is 0 Å². The van der Waals surface area contributed by atoms with Crippen LogP contribution in [0.2, 0.25) is 0 Å². The largest absolute Gasteiger partial charge is 0.321 e. The molecule has 2 heteroatoms. The van der Waals surface area contributed by atoms with E-state index in [9.17, 15) is 4.79 Å². The Bertz CT molecular complexity index is 532. The average Bonchev–Trinajstić information content (AvgIpc) is 2.40. The molecule has 0 aromatic heterocycles. The topological polar surface area (TPSA) is 29.1 Å². The van der Waals surface area contributed by atoms with E-state index in [-0.39, 0.29) is 5.91 Å². The van der Waals surface area contributed by atoms with E-state index in [4.69, 9.17) is 0 Å². The Morgan fingerprint density at radius 1 is 1.00 bits per heavy atom. The third-order valence-electron chi connectivity index (χ3n) is 2.46. The molecule has 0 bridgehead atoms. The highest BCUT2D eigenvalue weighted by Gasteiger charge is 2.06. The quantitative estimate of drug-likeness (QED) is 0.846. The molecule has 2 nitrogen and oxygen atoms in total. The number of amides is 1. The third kappa shape index (κ3) is 2.61. The molecule has 0 aliphatic heterocycles. The molecule has 0 heterocycles. The van der Waals surface area contributed by atoms with Crippen molar-refractivity contribution in [3.8, 4) is 0 Å². The molecule has 0 spiro atoms. The molecule has 0 unspecified atom stereocenters. The van der Waals surface area contributed by atoms with Gasteiger partial charge in [-0.05, 0) is 23.8 Å². The monoisotopic (exact) mass is 223 g/mol. The molecule has 0 saturated carbocycles. The SMILES string of the molecule is C=Cc1ccccc1NC(=O)c1ccccc1. The van der Waals surface area contributed by atoms with Crippen LogP contribution >= 0.6 is 0 Å². The zero-order chi connectivity index (χ0) is 12.1. The van der Waals surface area contributed by atoms with E-state index in [0.29, 0.717) is 5.56 Å². The van der Waals surface area contributed by atoms with Gasteiger partial charge < -0.3 is 5.32 Å². The summed E-state index contributed by atoms with van der Waals surface area (Å²) < 4.78 is 0. The van der Waals surface area contributed by atoms with Gasteiger partial charge in [0.05, 0.1) is 0 Å². The van der Waals surface area contributed by atoms with Crippen molar-refractivity contribution < 1.29 is 4.79 Å². The molecule has 84 valence electrons. The Labute approximate surface area is 101 Å². The number of hydrogen-bond donors (Lipinski definition) is 1. The molecule has 2 aromatic rings. The molecule has 0 aliphatic carbocycles. The van der Waals surface area contributed by atoms with E-state index in [1.807, 2.05) is 42.5 Å². The molecule has 0 fully saturated rings. The predicted molar refractivity (Wildman–Crippen MR) is 70.9 cm³/mol. The number of carbonyl (C=O) groups is 1. The minimum atomic E-state index is -0.111. The molecular weight excluding hydrogens is 210 g/mol. The smallest absolute Gasteiger partial charge is 0.255 e. The highest BCUT2D eigenvalue weighted by molar-refractivity contribution is 6.05. The highest BCUT2D eigenvalue weighted by atomic mass is 16.1. The van der Waals surface area contributed by atoms with Crippen molar-refractivity contribution in [2.45, 2.75) is 0 Å². The van der Waals surface area contributed by atoms with E-state index in [1.54, 1.807) is 18.2 Å². The Hall–Kier alpha value is -2.35. The van der Waals surface area contributed by atoms with Gasteiger partial charge in [-0.1, -0.05) is 49.1 Å². The molecule has 0 radical (unpaired) electrons. The van der Waals surface area contributed by atoms with Crippen molar-refractivity contribution in [3.63, 3.8) is 0 Å². The minimum Gasteiger partial charge on any atom is -0.321 e. The van der Waals surface area contributed by atoms with Crippen LogP contribution in [0.15, 0.2) is 61.2 Å². The minimum absolute atomic E-state index is 0.111. The molecule has 0 atom stereocenters. The number of benzene rings is 2. The van der Waals surface area contributed by atoms with Gasteiger partial charge in [-0.15, -0.1) is 0 Å². The summed E-state index contributed by atoms with van der Waals surface area (Å²) in [5.74, 6) is -0.111. The second-order valence-corrected chi connectivity index (χ2v) is 3.61. The average molecular weight is 223 g/mol. The summed E-state index contributed by atoms with van der Waals surface area (Å²) in [5.41, 5.74) is 2.33. The molecule has 2 rings (SSSR count). The van der Waals surface area contributed by atoms with Crippen LogP contribution in [0.4, 0.5) is 5.69 Å². The van der Waals surface area contributed by atoms with Crippen molar-refractivity contribution in [2.75, 3.05) is 5.32 Å². The van der Waals surface area contributed by atoms with Crippen LogP contribution in [0.1, 0.15) is 15.9 Å². The Balaban J connectivity index is 2.22. The lowest BCUT2D eigenvalue weighted by Crippen LogP contribution is -2.12. The lowest BCUT2D eigenvalue weighted by molar-refractivity contribution is 0.102. The van der Waals surface area contributed by atoms with Gasteiger partial charge in [-0.25, -0.2) is 0 Å². The molecule has 1 N–H and O–H groups in total. The lowest BCUT2D eigenvalue weighted by atomic mass is 10.1. The molecule has 2 aromatic carbocycles. The zero-order valence-electron chi connectivity index (χ0n) is 9.39. The first-order valence-corrected chi connectivity index (χ1v) is 5.39. The van der Waals surface area contributed by atoms with Crippen LogP contribution in [0.3, 0.4) is 0 Å². The first-order valence-electron chi connectivity index (χ1n) is 5.39. The maximum absolute atomic E-state index is 11.9. The molecular formula is C15H13NO. The zero-order valence-corrected chi connectivity index (χ0v) is 9.39. The number of anilines is 1. The van der Waals surface area contributed by atoms with Gasteiger partial charge in [0, 0.05) is 11.3 Å².